The third kappa shape index (κ3) is 10.5. The average Bonchev–Trinajstić information content (AvgIpc) is 2.31. The zero-order valence-electron chi connectivity index (χ0n) is 10.4. The van der Waals surface area contributed by atoms with Crippen molar-refractivity contribution in [2.75, 3.05) is 0 Å². The lowest BCUT2D eigenvalue weighted by Gasteiger charge is -1.94. The molecule has 0 atom stereocenters. The molecule has 0 saturated carbocycles. The van der Waals surface area contributed by atoms with Crippen LogP contribution in [-0.2, 0) is 0 Å². The van der Waals surface area contributed by atoms with E-state index in [-0.39, 0.29) is 0 Å². The Morgan fingerprint density at radius 1 is 1.00 bits per heavy atom. The van der Waals surface area contributed by atoms with Crippen molar-refractivity contribution in [2.45, 2.75) is 26.7 Å². The summed E-state index contributed by atoms with van der Waals surface area (Å²) in [6.07, 6.45) is 6.16. The Balaban J connectivity index is 0.000000315. The van der Waals surface area contributed by atoms with E-state index in [0.717, 1.165) is 18.4 Å². The lowest BCUT2D eigenvalue weighted by molar-refractivity contribution is 0.999. The monoisotopic (exact) mass is 214 g/mol. The van der Waals surface area contributed by atoms with Crippen LogP contribution in [0.1, 0.15) is 26.7 Å². The quantitative estimate of drug-likeness (QED) is 0.479. The van der Waals surface area contributed by atoms with Gasteiger partial charge in [0, 0.05) is 0 Å². The number of rotatable bonds is 4. The smallest absolute Gasteiger partial charge is 0.0250 e. The predicted molar refractivity (Wildman–Crippen MR) is 74.4 cm³/mol. The number of hydrogen-bond acceptors (Lipinski definition) is 0. The van der Waals surface area contributed by atoms with E-state index < -0.39 is 0 Å². The summed E-state index contributed by atoms with van der Waals surface area (Å²) in [7, 11) is 0. The minimum Gasteiger partial charge on any atom is -0.0988 e. The highest BCUT2D eigenvalue weighted by Crippen LogP contribution is 2.04. The fraction of sp³-hybridized carbons (Fsp3) is 0.250. The molecule has 86 valence electrons. The van der Waals surface area contributed by atoms with Crippen molar-refractivity contribution >= 4 is 0 Å². The molecule has 0 heteroatoms. The zero-order valence-corrected chi connectivity index (χ0v) is 10.4. The predicted octanol–water partition coefficient (Wildman–Crippen LogP) is 5.16. The molecular weight excluding hydrogens is 192 g/mol. The second kappa shape index (κ2) is 9.97. The highest BCUT2D eigenvalue weighted by atomic mass is 13.9. The molecule has 0 bridgehead atoms. The summed E-state index contributed by atoms with van der Waals surface area (Å²) < 4.78 is 0. The lowest BCUT2D eigenvalue weighted by atomic mass is 10.1. The third-order valence-electron chi connectivity index (χ3n) is 1.97. The molecule has 0 aromatic heterocycles. The molecule has 0 fully saturated rings. The van der Waals surface area contributed by atoms with Gasteiger partial charge in [0.2, 0.25) is 0 Å². The molecule has 0 amide bonds. The second-order valence-electron chi connectivity index (χ2n) is 3.84. The number of benzene rings is 1. The van der Waals surface area contributed by atoms with Crippen LogP contribution in [0.15, 0.2) is 72.9 Å². The van der Waals surface area contributed by atoms with Gasteiger partial charge in [-0.05, 0) is 26.7 Å². The van der Waals surface area contributed by atoms with Crippen molar-refractivity contribution in [1.82, 2.24) is 0 Å². The first-order chi connectivity index (χ1) is 7.66. The molecular formula is C16H22. The summed E-state index contributed by atoms with van der Waals surface area (Å²) in [5.41, 5.74) is 2.49. The highest BCUT2D eigenvalue weighted by Gasteiger charge is 1.84. The van der Waals surface area contributed by atoms with Crippen molar-refractivity contribution in [1.29, 1.82) is 0 Å². The van der Waals surface area contributed by atoms with Crippen LogP contribution < -0.4 is 0 Å². The van der Waals surface area contributed by atoms with Crippen molar-refractivity contribution in [3.63, 3.8) is 0 Å². The van der Waals surface area contributed by atoms with Gasteiger partial charge in [-0.3, -0.25) is 0 Å². The van der Waals surface area contributed by atoms with Crippen LogP contribution in [0.2, 0.25) is 0 Å². The molecule has 16 heavy (non-hydrogen) atoms. The van der Waals surface area contributed by atoms with Gasteiger partial charge < -0.3 is 0 Å². The fourth-order valence-corrected chi connectivity index (χ4v) is 1.03. The van der Waals surface area contributed by atoms with Gasteiger partial charge in [0.15, 0.2) is 0 Å². The SMILES string of the molecule is C=CC(=C)CCC=C(C)C.c1ccccc1. The van der Waals surface area contributed by atoms with Gasteiger partial charge >= 0.3 is 0 Å². The normalized spacial score (nSPS) is 8.38. The van der Waals surface area contributed by atoms with Crippen LogP contribution in [0, 0.1) is 0 Å². The van der Waals surface area contributed by atoms with E-state index in [4.69, 9.17) is 0 Å². The van der Waals surface area contributed by atoms with Gasteiger partial charge in [-0.15, -0.1) is 0 Å². The lowest BCUT2D eigenvalue weighted by Crippen LogP contribution is -1.74. The summed E-state index contributed by atoms with van der Waals surface area (Å²) in [6, 6.07) is 12.0. The fourth-order valence-electron chi connectivity index (χ4n) is 1.03. The Morgan fingerprint density at radius 2 is 1.44 bits per heavy atom. The van der Waals surface area contributed by atoms with Gasteiger partial charge in [0.25, 0.3) is 0 Å². The summed E-state index contributed by atoms with van der Waals surface area (Å²) in [4.78, 5) is 0. The Bertz CT molecular complexity index is 286. The molecule has 1 aromatic carbocycles. The molecule has 0 saturated heterocycles. The Kier molecular flexibility index (Phi) is 9.00. The van der Waals surface area contributed by atoms with Gasteiger partial charge in [-0.2, -0.15) is 0 Å². The molecule has 0 aliphatic heterocycles. The Morgan fingerprint density at radius 3 is 1.75 bits per heavy atom. The van der Waals surface area contributed by atoms with Gasteiger partial charge in [0.1, 0.15) is 0 Å². The first-order valence-corrected chi connectivity index (χ1v) is 5.60. The maximum atomic E-state index is 3.82. The van der Waals surface area contributed by atoms with Crippen LogP contribution in [0.4, 0.5) is 0 Å². The van der Waals surface area contributed by atoms with Crippen LogP contribution in [0.5, 0.6) is 0 Å². The maximum Gasteiger partial charge on any atom is -0.0250 e. The molecule has 0 heterocycles. The molecule has 1 rings (SSSR count). The van der Waals surface area contributed by atoms with Crippen LogP contribution in [0.25, 0.3) is 0 Å². The first kappa shape index (κ1) is 14.4. The van der Waals surface area contributed by atoms with E-state index in [9.17, 15) is 0 Å². The topological polar surface area (TPSA) is 0 Å². The maximum absolute atomic E-state index is 3.82. The van der Waals surface area contributed by atoms with Crippen molar-refractivity contribution in [2.24, 2.45) is 0 Å². The Hall–Kier alpha value is -1.56. The van der Waals surface area contributed by atoms with Gasteiger partial charge in [-0.25, -0.2) is 0 Å². The molecule has 0 N–H and O–H groups in total. The minimum atomic E-state index is 1.04. The van der Waals surface area contributed by atoms with E-state index in [1.165, 1.54) is 5.57 Å². The van der Waals surface area contributed by atoms with Crippen molar-refractivity contribution in [3.8, 4) is 0 Å². The molecule has 0 unspecified atom stereocenters. The average molecular weight is 214 g/mol. The van der Waals surface area contributed by atoms with E-state index in [1.807, 2.05) is 42.5 Å². The largest absolute Gasteiger partial charge is 0.0988 e. The van der Waals surface area contributed by atoms with Crippen LogP contribution in [0.3, 0.4) is 0 Å². The second-order valence-corrected chi connectivity index (χ2v) is 3.84. The van der Waals surface area contributed by atoms with E-state index >= 15 is 0 Å². The van der Waals surface area contributed by atoms with Crippen LogP contribution in [-0.4, -0.2) is 0 Å². The minimum absolute atomic E-state index is 1.04. The molecule has 0 spiro atoms. The summed E-state index contributed by atoms with van der Waals surface area (Å²) in [5.74, 6) is 0. The molecule has 0 nitrogen and oxygen atoms in total. The number of hydrogen-bond donors (Lipinski definition) is 0. The first-order valence-electron chi connectivity index (χ1n) is 5.60. The third-order valence-corrected chi connectivity index (χ3v) is 1.97. The number of allylic oxidation sites excluding steroid dienone is 4. The Labute approximate surface area is 100 Å². The molecule has 0 aliphatic carbocycles. The zero-order chi connectivity index (χ0) is 12.2. The highest BCUT2D eigenvalue weighted by molar-refractivity contribution is 5.11. The standard InChI is InChI=1S/C10H16.C6H6/c1-5-10(4)8-6-7-9(2)3;1-2-4-6-5-3-1/h5,7H,1,4,6,8H2,2-3H3;1-6H. The summed E-state index contributed by atoms with van der Waals surface area (Å²) in [5, 5.41) is 0. The van der Waals surface area contributed by atoms with Crippen molar-refractivity contribution in [3.05, 3.63) is 72.9 Å². The summed E-state index contributed by atoms with van der Waals surface area (Å²) >= 11 is 0. The van der Waals surface area contributed by atoms with Crippen molar-refractivity contribution < 1.29 is 0 Å². The van der Waals surface area contributed by atoms with Crippen LogP contribution >= 0.6 is 0 Å². The van der Waals surface area contributed by atoms with Gasteiger partial charge in [-0.1, -0.05) is 72.9 Å². The van der Waals surface area contributed by atoms with Gasteiger partial charge in [0.05, 0.1) is 0 Å². The molecule has 1 aromatic rings. The molecule has 0 radical (unpaired) electrons. The van der Waals surface area contributed by atoms with E-state index in [1.54, 1.807) is 0 Å². The van der Waals surface area contributed by atoms with E-state index in [0.29, 0.717) is 0 Å². The summed E-state index contributed by atoms with van der Waals surface area (Å²) in [6.45, 7) is 11.7. The molecule has 0 aliphatic rings. The van der Waals surface area contributed by atoms with E-state index in [2.05, 4.69) is 33.1 Å².